The fourth-order valence-corrected chi connectivity index (χ4v) is 3.17. The zero-order valence-corrected chi connectivity index (χ0v) is 13.8. The summed E-state index contributed by atoms with van der Waals surface area (Å²) in [7, 11) is 3.98. The van der Waals surface area contributed by atoms with E-state index in [0.717, 1.165) is 31.5 Å². The minimum atomic E-state index is -0.638. The molecule has 1 fully saturated rings. The van der Waals surface area contributed by atoms with E-state index in [1.165, 1.54) is 0 Å². The lowest BCUT2D eigenvalue weighted by molar-refractivity contribution is 0.00533. The van der Waals surface area contributed by atoms with Crippen LogP contribution in [0.2, 0.25) is 0 Å². The summed E-state index contributed by atoms with van der Waals surface area (Å²) in [6.45, 7) is 2.23. The molecule has 0 unspecified atom stereocenters. The molecule has 0 aliphatic carbocycles. The van der Waals surface area contributed by atoms with E-state index >= 15 is 0 Å². The molecule has 6 heteroatoms. The van der Waals surface area contributed by atoms with Crippen LogP contribution in [0.1, 0.15) is 19.3 Å². The predicted octanol–water partition coefficient (Wildman–Crippen LogP) is 2.02. The summed E-state index contributed by atoms with van der Waals surface area (Å²) in [4.78, 5) is 8.62. The van der Waals surface area contributed by atoms with Crippen molar-refractivity contribution in [2.45, 2.75) is 24.9 Å². The maximum atomic E-state index is 10.7. The van der Waals surface area contributed by atoms with Gasteiger partial charge in [0.1, 0.15) is 0 Å². The molecule has 3 rings (SSSR count). The number of likely N-dealkylation sites (N-methyl/N-ethyl adjacent to an activating group) is 1. The van der Waals surface area contributed by atoms with Crippen molar-refractivity contribution in [2.75, 3.05) is 38.6 Å². The highest BCUT2D eigenvalue weighted by molar-refractivity contribution is 5.55. The number of anilines is 1. The second-order valence-electron chi connectivity index (χ2n) is 6.57. The third-order valence-electron chi connectivity index (χ3n) is 4.25. The third kappa shape index (κ3) is 3.89. The van der Waals surface area contributed by atoms with Gasteiger partial charge < -0.3 is 19.4 Å². The number of rotatable bonds is 4. The smallest absolute Gasteiger partial charge is 0.324 e. The van der Waals surface area contributed by atoms with Crippen LogP contribution in [0.3, 0.4) is 0 Å². The minimum Gasteiger partial charge on any atom is -0.388 e. The van der Waals surface area contributed by atoms with Crippen molar-refractivity contribution in [3.8, 4) is 11.4 Å². The summed E-state index contributed by atoms with van der Waals surface area (Å²) in [6, 6.07) is 10.3. The van der Waals surface area contributed by atoms with E-state index in [-0.39, 0.29) is 0 Å². The van der Waals surface area contributed by atoms with Crippen molar-refractivity contribution in [1.82, 2.24) is 15.0 Å². The van der Waals surface area contributed by atoms with E-state index in [4.69, 9.17) is 4.52 Å². The van der Waals surface area contributed by atoms with Gasteiger partial charge in [-0.25, -0.2) is 0 Å². The van der Waals surface area contributed by atoms with Gasteiger partial charge in [-0.3, -0.25) is 0 Å². The van der Waals surface area contributed by atoms with Crippen molar-refractivity contribution >= 4 is 6.01 Å². The lowest BCUT2D eigenvalue weighted by atomic mass is 9.94. The Labute approximate surface area is 136 Å². The van der Waals surface area contributed by atoms with Crippen LogP contribution in [-0.4, -0.2) is 59.5 Å². The van der Waals surface area contributed by atoms with Crippen LogP contribution in [0.15, 0.2) is 34.9 Å². The molecule has 2 heterocycles. The molecule has 0 spiro atoms. The summed E-state index contributed by atoms with van der Waals surface area (Å²) < 4.78 is 5.44. The molecule has 2 aromatic rings. The molecule has 1 saturated heterocycles. The van der Waals surface area contributed by atoms with Crippen LogP contribution in [0.5, 0.6) is 0 Å². The Bertz CT molecular complexity index is 629. The molecule has 23 heavy (non-hydrogen) atoms. The van der Waals surface area contributed by atoms with E-state index in [0.29, 0.717) is 24.8 Å². The number of hydrogen-bond donors (Lipinski definition) is 1. The summed E-state index contributed by atoms with van der Waals surface area (Å²) >= 11 is 0. The largest absolute Gasteiger partial charge is 0.388 e. The minimum absolute atomic E-state index is 0.540. The van der Waals surface area contributed by atoms with Gasteiger partial charge in [-0.15, -0.1) is 0 Å². The number of aliphatic hydroxyl groups is 1. The van der Waals surface area contributed by atoms with Gasteiger partial charge >= 0.3 is 6.01 Å². The highest BCUT2D eigenvalue weighted by atomic mass is 16.5. The maximum Gasteiger partial charge on any atom is 0.324 e. The van der Waals surface area contributed by atoms with E-state index in [1.54, 1.807) is 0 Å². The Morgan fingerprint density at radius 3 is 2.74 bits per heavy atom. The monoisotopic (exact) mass is 316 g/mol. The lowest BCUT2D eigenvalue weighted by Gasteiger charge is -2.29. The van der Waals surface area contributed by atoms with Gasteiger partial charge in [0.25, 0.3) is 0 Å². The van der Waals surface area contributed by atoms with Crippen LogP contribution in [0, 0.1) is 0 Å². The van der Waals surface area contributed by atoms with Crippen LogP contribution >= 0.6 is 0 Å². The van der Waals surface area contributed by atoms with E-state index in [2.05, 4.69) is 15.0 Å². The highest BCUT2D eigenvalue weighted by Crippen LogP contribution is 2.26. The second-order valence-corrected chi connectivity index (χ2v) is 6.57. The highest BCUT2D eigenvalue weighted by Gasteiger charge is 2.32. The summed E-state index contributed by atoms with van der Waals surface area (Å²) in [5.74, 6) is 0.605. The summed E-state index contributed by atoms with van der Waals surface area (Å²) in [5, 5.41) is 14.8. The zero-order chi connectivity index (χ0) is 16.3. The molecule has 0 radical (unpaired) electrons. The molecular weight excluding hydrogens is 292 g/mol. The van der Waals surface area contributed by atoms with E-state index < -0.39 is 5.60 Å². The zero-order valence-electron chi connectivity index (χ0n) is 13.8. The third-order valence-corrected chi connectivity index (χ3v) is 4.25. The van der Waals surface area contributed by atoms with Gasteiger partial charge in [0.2, 0.25) is 5.82 Å². The van der Waals surface area contributed by atoms with Crippen molar-refractivity contribution in [3.05, 3.63) is 30.3 Å². The average molecular weight is 316 g/mol. The Hall–Kier alpha value is -1.92. The number of hydrogen-bond acceptors (Lipinski definition) is 6. The predicted molar refractivity (Wildman–Crippen MR) is 89.3 cm³/mol. The first kappa shape index (κ1) is 16.0. The number of aromatic nitrogens is 2. The molecular formula is C17H24N4O2. The van der Waals surface area contributed by atoms with Gasteiger partial charge in [-0.05, 0) is 33.4 Å². The molecule has 0 saturated carbocycles. The van der Waals surface area contributed by atoms with Crippen LogP contribution in [0.25, 0.3) is 11.4 Å². The fourth-order valence-electron chi connectivity index (χ4n) is 3.17. The van der Waals surface area contributed by atoms with Crippen molar-refractivity contribution < 1.29 is 9.63 Å². The first-order chi connectivity index (χ1) is 11.1. The van der Waals surface area contributed by atoms with Crippen molar-refractivity contribution in [2.24, 2.45) is 0 Å². The summed E-state index contributed by atoms with van der Waals surface area (Å²) in [5.41, 5.74) is 0.307. The lowest BCUT2D eigenvalue weighted by Crippen LogP contribution is -2.41. The quantitative estimate of drug-likeness (QED) is 0.931. The van der Waals surface area contributed by atoms with E-state index in [9.17, 15) is 5.11 Å². The molecule has 0 bridgehead atoms. The number of benzene rings is 1. The molecule has 1 aromatic carbocycles. The van der Waals surface area contributed by atoms with Crippen molar-refractivity contribution in [3.63, 3.8) is 0 Å². The molecule has 1 N–H and O–H groups in total. The van der Waals surface area contributed by atoms with Gasteiger partial charge in [-0.1, -0.05) is 35.5 Å². The van der Waals surface area contributed by atoms with Crippen LogP contribution in [0.4, 0.5) is 6.01 Å². The van der Waals surface area contributed by atoms with Gasteiger partial charge in [0.05, 0.1) is 5.60 Å². The SMILES string of the molecule is CN(C)C[C@]1(O)CCCN(c2nc(-c3ccccc3)no2)CC1. The fraction of sp³-hybridized carbons (Fsp3) is 0.529. The van der Waals surface area contributed by atoms with Gasteiger partial charge in [0.15, 0.2) is 0 Å². The Balaban J connectivity index is 1.70. The first-order valence-electron chi connectivity index (χ1n) is 8.07. The van der Waals surface area contributed by atoms with Gasteiger partial charge in [0, 0.05) is 25.2 Å². The molecule has 1 aliphatic rings. The first-order valence-corrected chi connectivity index (χ1v) is 8.07. The second kappa shape index (κ2) is 6.68. The normalized spacial score (nSPS) is 22.3. The van der Waals surface area contributed by atoms with E-state index in [1.807, 2.05) is 49.3 Å². The number of nitrogens with zero attached hydrogens (tertiary/aromatic N) is 4. The molecule has 1 atom stereocenters. The molecule has 0 amide bonds. The Morgan fingerprint density at radius 1 is 1.22 bits per heavy atom. The van der Waals surface area contributed by atoms with Crippen LogP contribution < -0.4 is 4.90 Å². The van der Waals surface area contributed by atoms with Gasteiger partial charge in [-0.2, -0.15) is 4.98 Å². The average Bonchev–Trinajstić information content (AvgIpc) is 2.93. The Kier molecular flexibility index (Phi) is 4.63. The molecule has 124 valence electrons. The van der Waals surface area contributed by atoms with Crippen molar-refractivity contribution in [1.29, 1.82) is 0 Å². The molecule has 1 aliphatic heterocycles. The summed E-state index contributed by atoms with van der Waals surface area (Å²) in [6.07, 6.45) is 2.41. The topological polar surface area (TPSA) is 65.6 Å². The Morgan fingerprint density at radius 2 is 2.00 bits per heavy atom. The molecule has 1 aromatic heterocycles. The maximum absolute atomic E-state index is 10.7. The van der Waals surface area contributed by atoms with Crippen LogP contribution in [-0.2, 0) is 0 Å². The standard InChI is InChI=1S/C17H24N4O2/c1-20(2)13-17(22)9-6-11-21(12-10-17)16-18-15(19-23-16)14-7-4-3-5-8-14/h3-5,7-8,22H,6,9-13H2,1-2H3/t17-/m0/s1. The molecule has 6 nitrogen and oxygen atoms in total.